The fourth-order valence-corrected chi connectivity index (χ4v) is 1.64. The first-order chi connectivity index (χ1) is 5.70. The highest BCUT2D eigenvalue weighted by molar-refractivity contribution is 5.44. The minimum Gasteiger partial charge on any atom is -0.382 e. The van der Waals surface area contributed by atoms with Gasteiger partial charge in [-0.25, -0.2) is 0 Å². The van der Waals surface area contributed by atoms with Crippen molar-refractivity contribution < 1.29 is 0 Å². The molecule has 2 heterocycles. The summed E-state index contributed by atoms with van der Waals surface area (Å²) in [6.45, 7) is 6.00. The van der Waals surface area contributed by atoms with Crippen molar-refractivity contribution >= 4 is 5.82 Å². The van der Waals surface area contributed by atoms with Crippen LogP contribution in [-0.2, 0) is 13.1 Å². The number of rotatable bonds is 1. The summed E-state index contributed by atoms with van der Waals surface area (Å²) in [5.41, 5.74) is 8.19. The van der Waals surface area contributed by atoms with E-state index in [1.165, 1.54) is 11.3 Å². The number of nitrogens with two attached hydrogens (primary N) is 1. The van der Waals surface area contributed by atoms with E-state index in [2.05, 4.69) is 24.3 Å². The van der Waals surface area contributed by atoms with Gasteiger partial charge in [-0.3, -0.25) is 4.68 Å². The quantitative estimate of drug-likeness (QED) is 0.644. The van der Waals surface area contributed by atoms with Gasteiger partial charge < -0.3 is 11.1 Å². The number of anilines is 1. The lowest BCUT2D eigenvalue weighted by Crippen LogP contribution is -2.11. The maximum absolute atomic E-state index is 5.76. The van der Waals surface area contributed by atoms with E-state index in [4.69, 9.17) is 5.73 Å². The third-order valence-corrected chi connectivity index (χ3v) is 2.23. The second-order valence-electron chi connectivity index (χ2n) is 3.45. The number of hydrogen-bond donors (Lipinski definition) is 2. The second kappa shape index (κ2) is 2.48. The van der Waals surface area contributed by atoms with Gasteiger partial charge in [0.1, 0.15) is 5.82 Å². The Kier molecular flexibility index (Phi) is 1.58. The van der Waals surface area contributed by atoms with Crippen molar-refractivity contribution in [3.63, 3.8) is 0 Å². The fraction of sp³-hybridized carbons (Fsp3) is 0.625. The summed E-state index contributed by atoms with van der Waals surface area (Å²) < 4.78 is 2.00. The largest absolute Gasteiger partial charge is 0.382 e. The molecule has 1 aromatic heterocycles. The Morgan fingerprint density at radius 1 is 1.50 bits per heavy atom. The lowest BCUT2D eigenvalue weighted by atomic mass is 10.2. The van der Waals surface area contributed by atoms with Crippen LogP contribution in [0.3, 0.4) is 0 Å². The molecule has 0 saturated heterocycles. The summed E-state index contributed by atoms with van der Waals surface area (Å²) in [5.74, 6) is 0.684. The first kappa shape index (κ1) is 7.61. The number of nitrogens with one attached hydrogen (secondary N) is 1. The van der Waals surface area contributed by atoms with Crippen molar-refractivity contribution in [2.75, 3.05) is 5.73 Å². The van der Waals surface area contributed by atoms with Gasteiger partial charge in [0.05, 0.1) is 5.69 Å². The summed E-state index contributed by atoms with van der Waals surface area (Å²) in [4.78, 5) is 0. The minimum absolute atomic E-state index is 0.399. The molecule has 2 rings (SSSR count). The third kappa shape index (κ3) is 0.914. The highest BCUT2D eigenvalue weighted by Gasteiger charge is 2.21. The van der Waals surface area contributed by atoms with E-state index in [-0.39, 0.29) is 0 Å². The minimum atomic E-state index is 0.399. The first-order valence-electron chi connectivity index (χ1n) is 4.26. The van der Waals surface area contributed by atoms with Gasteiger partial charge in [0.15, 0.2) is 0 Å². The van der Waals surface area contributed by atoms with E-state index in [0.29, 0.717) is 11.9 Å². The Morgan fingerprint density at radius 2 is 2.25 bits per heavy atom. The van der Waals surface area contributed by atoms with Gasteiger partial charge in [0, 0.05) is 24.7 Å². The van der Waals surface area contributed by atoms with E-state index in [0.717, 1.165) is 13.1 Å². The number of nitrogens with zero attached hydrogens (tertiary/aromatic N) is 2. The predicted octanol–water partition coefficient (Wildman–Crippen LogP) is 0.649. The van der Waals surface area contributed by atoms with Gasteiger partial charge >= 0.3 is 0 Å². The Balaban J connectivity index is 2.51. The van der Waals surface area contributed by atoms with Crippen LogP contribution >= 0.6 is 0 Å². The highest BCUT2D eigenvalue weighted by atomic mass is 15.3. The molecule has 4 nitrogen and oxygen atoms in total. The predicted molar refractivity (Wildman–Crippen MR) is 47.6 cm³/mol. The molecule has 3 N–H and O–H groups in total. The van der Waals surface area contributed by atoms with Gasteiger partial charge in [-0.05, 0) is 13.8 Å². The molecule has 0 bridgehead atoms. The van der Waals surface area contributed by atoms with Crippen molar-refractivity contribution in [3.05, 3.63) is 11.3 Å². The standard InChI is InChI=1S/C8H14N4/c1-5(2)12-7-4-10-3-6(7)8(9)11-12/h5,10H,3-4H2,1-2H3,(H2,9,11). The zero-order valence-electron chi connectivity index (χ0n) is 7.46. The van der Waals surface area contributed by atoms with Crippen LogP contribution < -0.4 is 11.1 Å². The molecule has 4 heteroatoms. The Hall–Kier alpha value is -1.03. The number of aromatic nitrogens is 2. The van der Waals surface area contributed by atoms with Crippen LogP contribution in [0.5, 0.6) is 0 Å². The molecule has 0 atom stereocenters. The molecule has 0 spiro atoms. The van der Waals surface area contributed by atoms with Crippen LogP contribution in [0.1, 0.15) is 31.1 Å². The Bertz CT molecular complexity index is 300. The maximum Gasteiger partial charge on any atom is 0.150 e. The van der Waals surface area contributed by atoms with Crippen LogP contribution in [0.2, 0.25) is 0 Å². The van der Waals surface area contributed by atoms with Crippen LogP contribution in [0.15, 0.2) is 0 Å². The molecule has 0 aliphatic carbocycles. The summed E-state index contributed by atoms with van der Waals surface area (Å²) in [6, 6.07) is 0.399. The number of hydrogen-bond acceptors (Lipinski definition) is 3. The molecular formula is C8H14N4. The van der Waals surface area contributed by atoms with Crippen LogP contribution in [0, 0.1) is 0 Å². The van der Waals surface area contributed by atoms with Gasteiger partial charge in [-0.2, -0.15) is 5.10 Å². The lowest BCUT2D eigenvalue weighted by molar-refractivity contribution is 0.507. The highest BCUT2D eigenvalue weighted by Crippen LogP contribution is 2.23. The summed E-state index contributed by atoms with van der Waals surface area (Å²) in [7, 11) is 0. The number of fused-ring (bicyclic) bond motifs is 1. The van der Waals surface area contributed by atoms with Crippen molar-refractivity contribution in [1.29, 1.82) is 0 Å². The Morgan fingerprint density at radius 3 is 2.92 bits per heavy atom. The van der Waals surface area contributed by atoms with Gasteiger partial charge in [0.2, 0.25) is 0 Å². The molecule has 12 heavy (non-hydrogen) atoms. The summed E-state index contributed by atoms with van der Waals surface area (Å²) in [6.07, 6.45) is 0. The van der Waals surface area contributed by atoms with Crippen molar-refractivity contribution in [1.82, 2.24) is 15.1 Å². The topological polar surface area (TPSA) is 55.9 Å². The van der Waals surface area contributed by atoms with E-state index in [9.17, 15) is 0 Å². The normalized spacial score (nSPS) is 15.6. The Labute approximate surface area is 71.7 Å². The van der Waals surface area contributed by atoms with Crippen molar-refractivity contribution in [2.45, 2.75) is 33.0 Å². The molecule has 0 fully saturated rings. The van der Waals surface area contributed by atoms with Crippen molar-refractivity contribution in [3.8, 4) is 0 Å². The molecule has 0 radical (unpaired) electrons. The van der Waals surface area contributed by atoms with Gasteiger partial charge in [0.25, 0.3) is 0 Å². The smallest absolute Gasteiger partial charge is 0.150 e. The molecule has 0 unspecified atom stereocenters. The molecule has 1 aliphatic rings. The van der Waals surface area contributed by atoms with Crippen LogP contribution in [0.4, 0.5) is 5.82 Å². The zero-order chi connectivity index (χ0) is 8.72. The van der Waals surface area contributed by atoms with Gasteiger partial charge in [-0.1, -0.05) is 0 Å². The average Bonchev–Trinajstić information content (AvgIpc) is 2.53. The second-order valence-corrected chi connectivity index (χ2v) is 3.45. The molecule has 0 aromatic carbocycles. The van der Waals surface area contributed by atoms with E-state index in [1.54, 1.807) is 0 Å². The van der Waals surface area contributed by atoms with Gasteiger partial charge in [-0.15, -0.1) is 0 Å². The molecule has 0 saturated carbocycles. The van der Waals surface area contributed by atoms with Crippen LogP contribution in [-0.4, -0.2) is 9.78 Å². The average molecular weight is 166 g/mol. The molecule has 0 amide bonds. The SMILES string of the molecule is CC(C)n1nc(N)c2c1CNC2. The van der Waals surface area contributed by atoms with E-state index >= 15 is 0 Å². The first-order valence-corrected chi connectivity index (χ1v) is 4.26. The van der Waals surface area contributed by atoms with Crippen LogP contribution in [0.25, 0.3) is 0 Å². The summed E-state index contributed by atoms with van der Waals surface area (Å²) in [5, 5.41) is 7.55. The molecule has 1 aromatic rings. The van der Waals surface area contributed by atoms with Crippen molar-refractivity contribution in [2.24, 2.45) is 0 Å². The number of nitrogen functional groups attached to an aromatic ring is 1. The lowest BCUT2D eigenvalue weighted by Gasteiger charge is -2.08. The molecular weight excluding hydrogens is 152 g/mol. The third-order valence-electron chi connectivity index (χ3n) is 2.23. The van der Waals surface area contributed by atoms with E-state index < -0.39 is 0 Å². The monoisotopic (exact) mass is 166 g/mol. The fourth-order valence-electron chi connectivity index (χ4n) is 1.64. The summed E-state index contributed by atoms with van der Waals surface area (Å²) >= 11 is 0. The molecule has 1 aliphatic heterocycles. The maximum atomic E-state index is 5.76. The molecule has 66 valence electrons. The van der Waals surface area contributed by atoms with E-state index in [1.807, 2.05) is 4.68 Å². The zero-order valence-corrected chi connectivity index (χ0v) is 7.46.